The first kappa shape index (κ1) is 23.4. The monoisotopic (exact) mass is 487 g/mol. The molecule has 3 aromatic carbocycles. The number of ether oxygens (including phenoxy) is 1. The Morgan fingerprint density at radius 2 is 1.71 bits per heavy atom. The summed E-state index contributed by atoms with van der Waals surface area (Å²) in [6, 6.07) is 22.1. The predicted molar refractivity (Wildman–Crippen MR) is 142 cm³/mol. The number of para-hydroxylation sites is 3. The van der Waals surface area contributed by atoms with Crippen molar-refractivity contribution < 1.29 is 9.53 Å². The van der Waals surface area contributed by atoms with Crippen LogP contribution in [0.15, 0.2) is 66.7 Å². The van der Waals surface area contributed by atoms with Gasteiger partial charge < -0.3 is 14.2 Å². The zero-order valence-electron chi connectivity index (χ0n) is 20.2. The molecular formula is C29H30ClN3O2. The Labute approximate surface area is 211 Å². The molecular weight excluding hydrogens is 458 g/mol. The first-order valence-electron chi connectivity index (χ1n) is 12.2. The van der Waals surface area contributed by atoms with Crippen molar-refractivity contribution in [2.75, 3.05) is 18.1 Å². The van der Waals surface area contributed by atoms with E-state index in [1.54, 1.807) is 0 Å². The minimum atomic E-state index is 0.0753. The van der Waals surface area contributed by atoms with Gasteiger partial charge in [0.1, 0.15) is 11.6 Å². The van der Waals surface area contributed by atoms with Crippen molar-refractivity contribution in [3.05, 3.63) is 88.7 Å². The molecule has 1 atom stereocenters. The van der Waals surface area contributed by atoms with Crippen molar-refractivity contribution in [1.29, 1.82) is 0 Å². The van der Waals surface area contributed by atoms with E-state index in [4.69, 9.17) is 21.3 Å². The Morgan fingerprint density at radius 1 is 1.00 bits per heavy atom. The molecule has 0 saturated carbocycles. The Balaban J connectivity index is 1.28. The Kier molecular flexibility index (Phi) is 6.78. The van der Waals surface area contributed by atoms with Crippen LogP contribution in [0.3, 0.4) is 0 Å². The second-order valence-electron chi connectivity index (χ2n) is 9.28. The maximum Gasteiger partial charge on any atom is 0.227 e. The molecule has 180 valence electrons. The number of aryl methyl sites for hydroxylation is 3. The molecule has 1 aromatic heterocycles. The van der Waals surface area contributed by atoms with Gasteiger partial charge in [0.25, 0.3) is 0 Å². The summed E-state index contributed by atoms with van der Waals surface area (Å²) in [5.41, 5.74) is 5.13. The number of halogens is 1. The van der Waals surface area contributed by atoms with Gasteiger partial charge in [0.15, 0.2) is 0 Å². The summed E-state index contributed by atoms with van der Waals surface area (Å²) >= 11 is 6.27. The average molecular weight is 488 g/mol. The maximum atomic E-state index is 12.9. The lowest BCUT2D eigenvalue weighted by atomic mass is 10.1. The van der Waals surface area contributed by atoms with Gasteiger partial charge in [-0.25, -0.2) is 4.98 Å². The molecule has 2 heterocycles. The van der Waals surface area contributed by atoms with Crippen LogP contribution in [0.2, 0.25) is 5.02 Å². The lowest BCUT2D eigenvalue weighted by Crippen LogP contribution is -2.24. The van der Waals surface area contributed by atoms with Crippen molar-refractivity contribution in [3.63, 3.8) is 0 Å². The fourth-order valence-corrected chi connectivity index (χ4v) is 5.04. The molecule has 0 spiro atoms. The third-order valence-corrected chi connectivity index (χ3v) is 7.29. The number of nitrogens with zero attached hydrogens (tertiary/aromatic N) is 3. The summed E-state index contributed by atoms with van der Waals surface area (Å²) in [6.45, 7) is 6.14. The van der Waals surface area contributed by atoms with Crippen LogP contribution in [-0.4, -0.2) is 28.6 Å². The summed E-state index contributed by atoms with van der Waals surface area (Å²) < 4.78 is 8.31. The molecule has 5 nitrogen and oxygen atoms in total. The van der Waals surface area contributed by atoms with Crippen LogP contribution in [0.4, 0.5) is 5.69 Å². The standard InChI is InChI=1S/C29H30ClN3O2/c1-20-16-24(17-21(2)28(20)30)35-15-9-8-14-32-26-13-7-6-12-25(26)31-29(32)22-18-27(34)33(19-22)23-10-4-3-5-11-23/h3-7,10-13,16-17,22H,8-9,14-15,18-19H2,1-2H3. The van der Waals surface area contributed by atoms with Crippen LogP contribution in [0, 0.1) is 13.8 Å². The quantitative estimate of drug-likeness (QED) is 0.260. The van der Waals surface area contributed by atoms with Crippen LogP contribution in [0.25, 0.3) is 11.0 Å². The van der Waals surface area contributed by atoms with Crippen LogP contribution in [0.1, 0.15) is 42.1 Å². The van der Waals surface area contributed by atoms with Gasteiger partial charge in [0, 0.05) is 36.1 Å². The van der Waals surface area contributed by atoms with Gasteiger partial charge in [-0.3, -0.25) is 4.79 Å². The second-order valence-corrected chi connectivity index (χ2v) is 9.66. The highest BCUT2D eigenvalue weighted by Gasteiger charge is 2.34. The summed E-state index contributed by atoms with van der Waals surface area (Å²) in [7, 11) is 0. The normalized spacial score (nSPS) is 15.8. The van der Waals surface area contributed by atoms with E-state index >= 15 is 0 Å². The van der Waals surface area contributed by atoms with Gasteiger partial charge in [-0.05, 0) is 74.2 Å². The smallest absolute Gasteiger partial charge is 0.227 e. The molecule has 4 aromatic rings. The third kappa shape index (κ3) is 4.92. The van der Waals surface area contributed by atoms with Gasteiger partial charge in [-0.15, -0.1) is 0 Å². The predicted octanol–water partition coefficient (Wildman–Crippen LogP) is 6.69. The number of amides is 1. The van der Waals surface area contributed by atoms with Crippen LogP contribution in [-0.2, 0) is 11.3 Å². The van der Waals surface area contributed by atoms with Gasteiger partial charge in [-0.2, -0.15) is 0 Å². The molecule has 1 aliphatic rings. The zero-order chi connectivity index (χ0) is 24.4. The molecule has 1 aliphatic heterocycles. The lowest BCUT2D eigenvalue weighted by molar-refractivity contribution is -0.117. The molecule has 0 N–H and O–H groups in total. The van der Waals surface area contributed by atoms with Gasteiger partial charge in [-0.1, -0.05) is 41.9 Å². The second kappa shape index (κ2) is 10.1. The van der Waals surface area contributed by atoms with Crippen LogP contribution < -0.4 is 9.64 Å². The number of unbranched alkanes of at least 4 members (excludes halogenated alkanes) is 1. The van der Waals surface area contributed by atoms with E-state index in [2.05, 4.69) is 22.8 Å². The van der Waals surface area contributed by atoms with E-state index in [1.807, 2.05) is 67.3 Å². The first-order valence-corrected chi connectivity index (χ1v) is 12.6. The lowest BCUT2D eigenvalue weighted by Gasteiger charge is -2.17. The first-order chi connectivity index (χ1) is 17.0. The fraction of sp³-hybridized carbons (Fsp3) is 0.310. The molecule has 0 bridgehead atoms. The SMILES string of the molecule is Cc1cc(OCCCCn2c(C3CC(=O)N(c4ccccc4)C3)nc3ccccc32)cc(C)c1Cl. The minimum Gasteiger partial charge on any atom is -0.494 e. The van der Waals surface area contributed by atoms with Crippen LogP contribution in [0.5, 0.6) is 5.75 Å². The number of benzene rings is 3. The van der Waals surface area contributed by atoms with Crippen molar-refractivity contribution >= 4 is 34.2 Å². The Morgan fingerprint density at radius 3 is 2.49 bits per heavy atom. The van der Waals surface area contributed by atoms with Crippen LogP contribution >= 0.6 is 11.6 Å². The van der Waals surface area contributed by atoms with E-state index in [-0.39, 0.29) is 11.8 Å². The number of hydrogen-bond acceptors (Lipinski definition) is 3. The Hall–Kier alpha value is -3.31. The maximum absolute atomic E-state index is 12.9. The number of carbonyl (C=O) groups excluding carboxylic acids is 1. The average Bonchev–Trinajstić information content (AvgIpc) is 3.43. The molecule has 0 radical (unpaired) electrons. The number of fused-ring (bicyclic) bond motifs is 1. The summed E-state index contributed by atoms with van der Waals surface area (Å²) in [5.74, 6) is 2.10. The molecule has 0 aliphatic carbocycles. The Bertz CT molecular complexity index is 1330. The highest BCUT2D eigenvalue weighted by Crippen LogP contribution is 2.33. The molecule has 5 rings (SSSR count). The van der Waals surface area contributed by atoms with E-state index in [0.717, 1.165) is 63.8 Å². The highest BCUT2D eigenvalue weighted by molar-refractivity contribution is 6.32. The summed E-state index contributed by atoms with van der Waals surface area (Å²) in [5, 5.41) is 0.799. The number of imidazole rings is 1. The van der Waals surface area contributed by atoms with E-state index in [9.17, 15) is 4.79 Å². The summed E-state index contributed by atoms with van der Waals surface area (Å²) in [6.07, 6.45) is 2.37. The number of aromatic nitrogens is 2. The molecule has 1 amide bonds. The molecule has 6 heteroatoms. The summed E-state index contributed by atoms with van der Waals surface area (Å²) in [4.78, 5) is 19.7. The largest absolute Gasteiger partial charge is 0.494 e. The number of hydrogen-bond donors (Lipinski definition) is 0. The number of anilines is 1. The molecule has 35 heavy (non-hydrogen) atoms. The van der Waals surface area contributed by atoms with E-state index < -0.39 is 0 Å². The topological polar surface area (TPSA) is 47.4 Å². The molecule has 1 saturated heterocycles. The number of carbonyl (C=O) groups is 1. The number of rotatable bonds is 8. The molecule has 1 unspecified atom stereocenters. The van der Waals surface area contributed by atoms with Gasteiger partial charge in [0.05, 0.1) is 17.6 Å². The van der Waals surface area contributed by atoms with E-state index in [1.165, 1.54) is 0 Å². The fourth-order valence-electron chi connectivity index (χ4n) is 4.93. The van der Waals surface area contributed by atoms with Crippen molar-refractivity contribution in [3.8, 4) is 5.75 Å². The zero-order valence-corrected chi connectivity index (χ0v) is 21.0. The van der Waals surface area contributed by atoms with Crippen molar-refractivity contribution in [2.45, 2.75) is 45.6 Å². The van der Waals surface area contributed by atoms with Crippen molar-refractivity contribution in [1.82, 2.24) is 9.55 Å². The van der Waals surface area contributed by atoms with E-state index in [0.29, 0.717) is 19.6 Å². The third-order valence-electron chi connectivity index (χ3n) is 6.70. The van der Waals surface area contributed by atoms with Gasteiger partial charge in [0.2, 0.25) is 5.91 Å². The van der Waals surface area contributed by atoms with Gasteiger partial charge >= 0.3 is 0 Å². The van der Waals surface area contributed by atoms with Crippen molar-refractivity contribution in [2.24, 2.45) is 0 Å². The molecule has 1 fully saturated rings. The highest BCUT2D eigenvalue weighted by atomic mass is 35.5. The minimum absolute atomic E-state index is 0.0753.